The predicted octanol–water partition coefficient (Wildman–Crippen LogP) is 0.744. The molecule has 0 spiro atoms. The summed E-state index contributed by atoms with van der Waals surface area (Å²) in [6, 6.07) is 0. The molecular formula is C18H24FN3O5. The minimum atomic E-state index is -1.01. The molecule has 8 nitrogen and oxygen atoms in total. The van der Waals surface area contributed by atoms with Crippen molar-refractivity contribution in [3.63, 3.8) is 0 Å². The third kappa shape index (κ3) is 3.78. The van der Waals surface area contributed by atoms with E-state index in [1.165, 1.54) is 19.3 Å². The van der Waals surface area contributed by atoms with Crippen LogP contribution in [-0.4, -0.2) is 46.3 Å². The number of nitrogens with one attached hydrogen (secondary N) is 2. The number of aromatic amines is 1. The van der Waals surface area contributed by atoms with E-state index >= 15 is 0 Å². The van der Waals surface area contributed by atoms with E-state index in [0.29, 0.717) is 17.8 Å². The first-order chi connectivity index (χ1) is 13.0. The van der Waals surface area contributed by atoms with Crippen molar-refractivity contribution in [2.24, 2.45) is 17.8 Å². The number of aliphatic hydroxyl groups excluding tert-OH is 1. The van der Waals surface area contributed by atoms with Crippen LogP contribution in [0.3, 0.4) is 0 Å². The monoisotopic (exact) mass is 381 g/mol. The summed E-state index contributed by atoms with van der Waals surface area (Å²) in [5, 5.41) is 11.9. The van der Waals surface area contributed by atoms with Gasteiger partial charge < -0.3 is 19.9 Å². The second-order valence-corrected chi connectivity index (χ2v) is 8.10. The largest absolute Gasteiger partial charge is 0.474 e. The average molecular weight is 381 g/mol. The van der Waals surface area contributed by atoms with Gasteiger partial charge in [0.25, 0.3) is 11.8 Å². The molecule has 1 amide bonds. The summed E-state index contributed by atoms with van der Waals surface area (Å²) in [6.07, 6.45) is 6.81. The summed E-state index contributed by atoms with van der Waals surface area (Å²) in [4.78, 5) is 29.4. The highest BCUT2D eigenvalue weighted by atomic mass is 19.1. The predicted molar refractivity (Wildman–Crippen MR) is 91.9 cm³/mol. The Labute approximate surface area is 155 Å². The Hall–Kier alpha value is -2.16. The maximum Gasteiger partial charge on any atom is 0.351 e. The molecule has 1 aromatic rings. The molecule has 27 heavy (non-hydrogen) atoms. The number of aromatic nitrogens is 2. The molecule has 3 N–H and O–H groups in total. The number of aliphatic hydroxyl groups is 1. The summed E-state index contributed by atoms with van der Waals surface area (Å²) >= 11 is 0. The molecule has 1 heterocycles. The highest BCUT2D eigenvalue weighted by molar-refractivity contribution is 5.78. The van der Waals surface area contributed by atoms with Crippen molar-refractivity contribution >= 4 is 5.91 Å². The van der Waals surface area contributed by atoms with Crippen molar-refractivity contribution in [2.75, 3.05) is 19.8 Å². The first-order valence-electron chi connectivity index (χ1n) is 9.43. The summed E-state index contributed by atoms with van der Waals surface area (Å²) in [5.41, 5.74) is -1.02. The smallest absolute Gasteiger partial charge is 0.351 e. The number of hydrogen-bond donors (Lipinski definition) is 3. The lowest BCUT2D eigenvalue weighted by Crippen LogP contribution is -2.60. The van der Waals surface area contributed by atoms with Crippen LogP contribution in [0.2, 0.25) is 0 Å². The van der Waals surface area contributed by atoms with Crippen molar-refractivity contribution in [1.82, 2.24) is 15.3 Å². The Morgan fingerprint density at radius 3 is 2.44 bits per heavy atom. The molecule has 0 unspecified atom stereocenters. The first kappa shape index (κ1) is 18.2. The normalized spacial score (nSPS) is 31.0. The molecule has 0 atom stereocenters. The van der Waals surface area contributed by atoms with E-state index in [4.69, 9.17) is 14.6 Å². The summed E-state index contributed by atoms with van der Waals surface area (Å²) in [6.45, 7) is -0.954. The van der Waals surface area contributed by atoms with Crippen molar-refractivity contribution in [2.45, 2.75) is 44.1 Å². The van der Waals surface area contributed by atoms with E-state index in [2.05, 4.69) is 15.3 Å². The van der Waals surface area contributed by atoms with Gasteiger partial charge >= 0.3 is 5.69 Å². The quantitative estimate of drug-likeness (QED) is 0.642. The molecular weight excluding hydrogens is 357 g/mol. The van der Waals surface area contributed by atoms with E-state index in [0.717, 1.165) is 19.3 Å². The van der Waals surface area contributed by atoms with Gasteiger partial charge in [-0.1, -0.05) is 0 Å². The van der Waals surface area contributed by atoms with Gasteiger partial charge in [0.15, 0.2) is 6.61 Å². The SMILES string of the molecule is O=C(COc1nc(=O)[nH]c(OCCO)c1F)NC12CC3CC(CC(C3)C1)C2. The van der Waals surface area contributed by atoms with Crippen LogP contribution in [0.5, 0.6) is 11.8 Å². The van der Waals surface area contributed by atoms with Crippen molar-refractivity contribution < 1.29 is 23.8 Å². The zero-order chi connectivity index (χ0) is 19.0. The molecule has 4 bridgehead atoms. The number of amides is 1. The van der Waals surface area contributed by atoms with Gasteiger partial charge in [0.1, 0.15) is 6.61 Å². The third-order valence-corrected chi connectivity index (χ3v) is 5.93. The van der Waals surface area contributed by atoms with Crippen LogP contribution in [0.4, 0.5) is 4.39 Å². The van der Waals surface area contributed by atoms with Crippen LogP contribution in [0.15, 0.2) is 4.79 Å². The molecule has 4 saturated carbocycles. The molecule has 4 aliphatic carbocycles. The molecule has 1 aromatic heterocycles. The highest BCUT2D eigenvalue weighted by Crippen LogP contribution is 2.55. The Kier molecular flexibility index (Phi) is 4.79. The molecule has 9 heteroatoms. The molecule has 4 fully saturated rings. The van der Waals surface area contributed by atoms with E-state index in [1.54, 1.807) is 0 Å². The van der Waals surface area contributed by atoms with E-state index < -0.39 is 29.9 Å². The third-order valence-electron chi connectivity index (χ3n) is 5.93. The molecule has 0 aromatic carbocycles. The molecule has 148 valence electrons. The van der Waals surface area contributed by atoms with Crippen LogP contribution in [0, 0.1) is 23.6 Å². The fraction of sp³-hybridized carbons (Fsp3) is 0.722. The molecule has 5 rings (SSSR count). The summed E-state index contributed by atoms with van der Waals surface area (Å²) < 4.78 is 24.3. The lowest BCUT2D eigenvalue weighted by atomic mass is 9.53. The molecule has 0 aliphatic heterocycles. The zero-order valence-corrected chi connectivity index (χ0v) is 15.0. The van der Waals surface area contributed by atoms with Crippen LogP contribution in [0.1, 0.15) is 38.5 Å². The van der Waals surface area contributed by atoms with Crippen LogP contribution in [-0.2, 0) is 4.79 Å². The number of nitrogens with zero attached hydrogens (tertiary/aromatic N) is 1. The fourth-order valence-corrected chi connectivity index (χ4v) is 5.49. The number of hydrogen-bond acceptors (Lipinski definition) is 6. The second kappa shape index (κ2) is 7.10. The summed E-state index contributed by atoms with van der Waals surface area (Å²) in [7, 11) is 0. The zero-order valence-electron chi connectivity index (χ0n) is 15.0. The Balaban J connectivity index is 1.38. The van der Waals surface area contributed by atoms with Crippen molar-refractivity contribution in [3.8, 4) is 11.8 Å². The second-order valence-electron chi connectivity index (χ2n) is 8.10. The van der Waals surface area contributed by atoms with Gasteiger partial charge in [-0.25, -0.2) is 4.79 Å². The standard InChI is InChI=1S/C18H24FN3O5/c19-14-15(26-2-1-23)20-17(25)21-16(14)27-9-13(24)22-18-6-10-3-11(7-18)5-12(4-10)8-18/h10-12,23H,1-9H2,(H,22,24)(H,20,21,25). The van der Waals surface area contributed by atoms with E-state index in [1.807, 2.05) is 0 Å². The van der Waals surface area contributed by atoms with Crippen molar-refractivity contribution in [3.05, 3.63) is 16.3 Å². The van der Waals surface area contributed by atoms with E-state index in [9.17, 15) is 14.0 Å². The summed E-state index contributed by atoms with van der Waals surface area (Å²) in [5.74, 6) is -0.337. The number of carbonyl (C=O) groups is 1. The van der Waals surface area contributed by atoms with Crippen molar-refractivity contribution in [1.29, 1.82) is 0 Å². The Bertz CT molecular complexity index is 745. The average Bonchev–Trinajstić information content (AvgIpc) is 2.59. The van der Waals surface area contributed by atoms with Gasteiger partial charge in [0, 0.05) is 5.54 Å². The van der Waals surface area contributed by atoms with Gasteiger partial charge in [-0.3, -0.25) is 9.78 Å². The maximum absolute atomic E-state index is 14.2. The number of rotatable bonds is 7. The molecule has 0 radical (unpaired) electrons. The first-order valence-corrected chi connectivity index (χ1v) is 9.43. The van der Waals surface area contributed by atoms with Crippen LogP contribution < -0.4 is 20.5 Å². The number of halogens is 1. The van der Waals surface area contributed by atoms with Gasteiger partial charge in [0.2, 0.25) is 11.7 Å². The topological polar surface area (TPSA) is 114 Å². The van der Waals surface area contributed by atoms with Gasteiger partial charge in [-0.2, -0.15) is 9.37 Å². The minimum Gasteiger partial charge on any atom is -0.474 e. The van der Waals surface area contributed by atoms with Gasteiger partial charge in [-0.05, 0) is 56.3 Å². The van der Waals surface area contributed by atoms with Crippen LogP contribution >= 0.6 is 0 Å². The highest BCUT2D eigenvalue weighted by Gasteiger charge is 2.51. The maximum atomic E-state index is 14.2. The Morgan fingerprint density at radius 1 is 1.22 bits per heavy atom. The minimum absolute atomic E-state index is 0.162. The lowest BCUT2D eigenvalue weighted by Gasteiger charge is -2.56. The van der Waals surface area contributed by atoms with Gasteiger partial charge in [0.05, 0.1) is 6.61 Å². The van der Waals surface area contributed by atoms with Gasteiger partial charge in [-0.15, -0.1) is 0 Å². The fourth-order valence-electron chi connectivity index (χ4n) is 5.49. The number of carbonyl (C=O) groups excluding carboxylic acids is 1. The molecule has 4 aliphatic rings. The molecule has 0 saturated heterocycles. The van der Waals surface area contributed by atoms with Crippen LogP contribution in [0.25, 0.3) is 0 Å². The van der Waals surface area contributed by atoms with E-state index in [-0.39, 0.29) is 24.7 Å². The number of H-pyrrole nitrogens is 1. The number of ether oxygens (including phenoxy) is 2. The lowest BCUT2D eigenvalue weighted by molar-refractivity contribution is -0.129. The Morgan fingerprint density at radius 2 is 1.85 bits per heavy atom.